The molecule has 0 saturated heterocycles. The molecule has 26 heavy (non-hydrogen) atoms. The molecule has 136 valence electrons. The summed E-state index contributed by atoms with van der Waals surface area (Å²) < 4.78 is 7.36. The molecule has 8 nitrogen and oxygen atoms in total. The summed E-state index contributed by atoms with van der Waals surface area (Å²) in [4.78, 5) is 12.3. The van der Waals surface area contributed by atoms with Crippen LogP contribution in [0.3, 0.4) is 0 Å². The van der Waals surface area contributed by atoms with E-state index in [4.69, 9.17) is 22.1 Å². The van der Waals surface area contributed by atoms with E-state index in [0.717, 1.165) is 5.69 Å². The van der Waals surface area contributed by atoms with Gasteiger partial charge in [-0.25, -0.2) is 0 Å². The number of hydrogen-bond acceptors (Lipinski definition) is 5. The fourth-order valence-corrected chi connectivity index (χ4v) is 2.80. The number of carbonyl (C=O) groups excluding carboxylic acids is 1. The van der Waals surface area contributed by atoms with E-state index in [-0.39, 0.29) is 5.91 Å². The van der Waals surface area contributed by atoms with Gasteiger partial charge in [-0.05, 0) is 31.2 Å². The maximum Gasteiger partial charge on any atom is 0.276 e. The predicted molar refractivity (Wildman–Crippen MR) is 99.5 cm³/mol. The zero-order chi connectivity index (χ0) is 18.7. The Bertz CT molecular complexity index is 914. The Kier molecular flexibility index (Phi) is 5.24. The van der Waals surface area contributed by atoms with Gasteiger partial charge in [0.2, 0.25) is 0 Å². The van der Waals surface area contributed by atoms with E-state index in [0.29, 0.717) is 46.6 Å². The molecule has 4 N–H and O–H groups in total. The third kappa shape index (κ3) is 3.71. The molecule has 1 amide bonds. The van der Waals surface area contributed by atoms with Crippen molar-refractivity contribution in [2.24, 2.45) is 12.8 Å². The van der Waals surface area contributed by atoms with Crippen LogP contribution in [-0.2, 0) is 7.05 Å². The van der Waals surface area contributed by atoms with Crippen LogP contribution in [-0.4, -0.2) is 39.0 Å². The van der Waals surface area contributed by atoms with Crippen LogP contribution in [0.4, 0.5) is 5.69 Å². The highest BCUT2D eigenvalue weighted by atomic mass is 35.5. The molecular formula is C17H19ClN6O2. The van der Waals surface area contributed by atoms with Crippen LogP contribution in [0, 0.1) is 6.92 Å². The smallest absolute Gasteiger partial charge is 0.276 e. The number of aromatic nitrogens is 4. The van der Waals surface area contributed by atoms with Gasteiger partial charge in [-0.2, -0.15) is 10.2 Å². The zero-order valence-corrected chi connectivity index (χ0v) is 15.2. The number of nitrogens with one attached hydrogen (secondary N) is 2. The number of halogens is 1. The first-order valence-corrected chi connectivity index (χ1v) is 8.35. The minimum Gasteiger partial charge on any atom is -0.492 e. The lowest BCUT2D eigenvalue weighted by Gasteiger charge is -2.14. The van der Waals surface area contributed by atoms with Crippen molar-refractivity contribution in [3.05, 3.63) is 46.9 Å². The Balaban J connectivity index is 1.95. The van der Waals surface area contributed by atoms with Crippen LogP contribution in [0.5, 0.6) is 5.75 Å². The largest absolute Gasteiger partial charge is 0.492 e. The number of H-pyrrole nitrogens is 1. The van der Waals surface area contributed by atoms with E-state index in [1.54, 1.807) is 42.2 Å². The summed E-state index contributed by atoms with van der Waals surface area (Å²) in [5.74, 6) is 0.293. The quantitative estimate of drug-likeness (QED) is 0.613. The van der Waals surface area contributed by atoms with Crippen molar-refractivity contribution in [2.75, 3.05) is 18.5 Å². The van der Waals surface area contributed by atoms with E-state index < -0.39 is 0 Å². The molecular weight excluding hydrogens is 356 g/mol. The van der Waals surface area contributed by atoms with Crippen LogP contribution < -0.4 is 15.8 Å². The van der Waals surface area contributed by atoms with Crippen molar-refractivity contribution in [1.29, 1.82) is 0 Å². The fourth-order valence-electron chi connectivity index (χ4n) is 2.53. The standard InChI is InChI=1S/C17H19ClN6O2/c1-10-7-14(23-22-10)17(25)21-11-3-4-15(26-6-5-19)12(8-11)16-13(18)9-20-24(16)2/h3-4,7-9H,5-6,19H2,1-2H3,(H,21,25)(H,22,23). The van der Waals surface area contributed by atoms with Gasteiger partial charge in [0.05, 0.1) is 16.9 Å². The zero-order valence-electron chi connectivity index (χ0n) is 14.4. The van der Waals surface area contributed by atoms with Crippen molar-refractivity contribution in [2.45, 2.75) is 6.92 Å². The van der Waals surface area contributed by atoms with Crippen molar-refractivity contribution >= 4 is 23.2 Å². The maximum absolute atomic E-state index is 12.3. The first kappa shape index (κ1) is 18.0. The van der Waals surface area contributed by atoms with Crippen molar-refractivity contribution in [3.63, 3.8) is 0 Å². The van der Waals surface area contributed by atoms with Gasteiger partial charge in [-0.15, -0.1) is 0 Å². The molecule has 2 aromatic heterocycles. The lowest BCUT2D eigenvalue weighted by molar-refractivity contribution is 0.102. The van der Waals surface area contributed by atoms with Crippen LogP contribution in [0.15, 0.2) is 30.5 Å². The summed E-state index contributed by atoms with van der Waals surface area (Å²) in [6.07, 6.45) is 1.56. The number of carbonyl (C=O) groups is 1. The van der Waals surface area contributed by atoms with E-state index in [2.05, 4.69) is 20.6 Å². The monoisotopic (exact) mass is 374 g/mol. The Labute approximate surface area is 155 Å². The molecule has 2 heterocycles. The van der Waals surface area contributed by atoms with Gasteiger partial charge < -0.3 is 15.8 Å². The van der Waals surface area contributed by atoms with E-state index >= 15 is 0 Å². The molecule has 0 spiro atoms. The normalized spacial score (nSPS) is 10.8. The topological polar surface area (TPSA) is 111 Å². The lowest BCUT2D eigenvalue weighted by atomic mass is 10.1. The molecule has 0 fully saturated rings. The molecule has 0 aliphatic heterocycles. The second-order valence-corrected chi connectivity index (χ2v) is 6.11. The third-order valence-corrected chi connectivity index (χ3v) is 3.98. The number of nitrogens with two attached hydrogens (primary N) is 1. The highest BCUT2D eigenvalue weighted by molar-refractivity contribution is 6.33. The molecule has 1 aromatic carbocycles. The Morgan fingerprint density at radius 1 is 1.42 bits per heavy atom. The Morgan fingerprint density at radius 3 is 2.85 bits per heavy atom. The Morgan fingerprint density at radius 2 is 2.23 bits per heavy atom. The molecule has 0 bridgehead atoms. The molecule has 0 unspecified atom stereocenters. The highest BCUT2D eigenvalue weighted by Crippen LogP contribution is 2.36. The number of aromatic amines is 1. The van der Waals surface area contributed by atoms with Crippen LogP contribution in [0.25, 0.3) is 11.3 Å². The molecule has 0 atom stereocenters. The van der Waals surface area contributed by atoms with Gasteiger partial charge in [0, 0.05) is 30.5 Å². The van der Waals surface area contributed by atoms with Gasteiger partial charge in [0.25, 0.3) is 5.91 Å². The van der Waals surface area contributed by atoms with Gasteiger partial charge in [-0.1, -0.05) is 11.6 Å². The summed E-state index contributed by atoms with van der Waals surface area (Å²) in [6, 6.07) is 6.97. The number of nitrogens with zero attached hydrogens (tertiary/aromatic N) is 3. The minimum absolute atomic E-state index is 0.311. The summed E-state index contributed by atoms with van der Waals surface area (Å²) in [6.45, 7) is 2.58. The maximum atomic E-state index is 12.3. The molecule has 3 rings (SSSR count). The average Bonchev–Trinajstić information content (AvgIpc) is 3.19. The van der Waals surface area contributed by atoms with E-state index in [9.17, 15) is 4.79 Å². The van der Waals surface area contributed by atoms with Crippen LogP contribution in [0.2, 0.25) is 5.02 Å². The van der Waals surface area contributed by atoms with E-state index in [1.807, 2.05) is 6.92 Å². The molecule has 0 radical (unpaired) electrons. The minimum atomic E-state index is -0.313. The number of aryl methyl sites for hydroxylation is 2. The number of ether oxygens (including phenoxy) is 1. The average molecular weight is 375 g/mol. The number of anilines is 1. The molecule has 3 aromatic rings. The summed E-state index contributed by atoms with van der Waals surface area (Å²) in [7, 11) is 1.78. The summed E-state index contributed by atoms with van der Waals surface area (Å²) in [5, 5.41) is 14.2. The van der Waals surface area contributed by atoms with E-state index in [1.165, 1.54) is 0 Å². The van der Waals surface area contributed by atoms with Gasteiger partial charge in [-0.3, -0.25) is 14.6 Å². The predicted octanol–water partition coefficient (Wildman–Crippen LogP) is 2.36. The highest BCUT2D eigenvalue weighted by Gasteiger charge is 2.17. The first-order valence-electron chi connectivity index (χ1n) is 7.97. The second-order valence-electron chi connectivity index (χ2n) is 5.70. The van der Waals surface area contributed by atoms with Crippen molar-refractivity contribution in [3.8, 4) is 17.0 Å². The summed E-state index contributed by atoms with van der Waals surface area (Å²) in [5.41, 5.74) is 8.63. The van der Waals surface area contributed by atoms with Crippen LogP contribution in [0.1, 0.15) is 16.2 Å². The van der Waals surface area contributed by atoms with Crippen LogP contribution >= 0.6 is 11.6 Å². The second kappa shape index (κ2) is 7.59. The summed E-state index contributed by atoms with van der Waals surface area (Å²) >= 11 is 6.28. The van der Waals surface area contributed by atoms with Crippen molar-refractivity contribution < 1.29 is 9.53 Å². The fraction of sp³-hybridized carbons (Fsp3) is 0.235. The number of benzene rings is 1. The number of hydrogen-bond donors (Lipinski definition) is 3. The number of amides is 1. The third-order valence-electron chi connectivity index (χ3n) is 3.70. The molecule has 9 heteroatoms. The SMILES string of the molecule is Cc1cc(C(=O)Nc2ccc(OCCN)c(-c3c(Cl)cnn3C)c2)n[nH]1. The molecule has 0 saturated carbocycles. The van der Waals surface area contributed by atoms with Gasteiger partial charge >= 0.3 is 0 Å². The number of rotatable bonds is 6. The Hall–Kier alpha value is -2.84. The van der Waals surface area contributed by atoms with Crippen molar-refractivity contribution in [1.82, 2.24) is 20.0 Å². The first-order chi connectivity index (χ1) is 12.5. The van der Waals surface area contributed by atoms with Gasteiger partial charge in [0.15, 0.2) is 5.69 Å². The van der Waals surface area contributed by atoms with Gasteiger partial charge in [0.1, 0.15) is 12.4 Å². The molecule has 0 aliphatic rings. The molecule has 0 aliphatic carbocycles. The lowest BCUT2D eigenvalue weighted by Crippen LogP contribution is -2.13.